The van der Waals surface area contributed by atoms with Gasteiger partial charge in [0.2, 0.25) is 5.78 Å². The summed E-state index contributed by atoms with van der Waals surface area (Å²) < 4.78 is 0. The van der Waals surface area contributed by atoms with Gasteiger partial charge in [0.05, 0.1) is 5.41 Å². The van der Waals surface area contributed by atoms with E-state index in [2.05, 4.69) is 4.79 Å². The Kier molecular flexibility index (Phi) is 1.95. The number of Topliss-reactive ketones (excluding diaryl/α,β-unsaturated/α-hetero) is 2. The molecule has 2 bridgehead atoms. The Balaban J connectivity index is 2.43. The van der Waals surface area contributed by atoms with Gasteiger partial charge in [-0.15, -0.1) is 0 Å². The average molecular weight is 206 g/mol. The number of carbonyl (C=O) groups excluding carboxylic acids is 2. The van der Waals surface area contributed by atoms with E-state index in [9.17, 15) is 9.59 Å². The van der Waals surface area contributed by atoms with E-state index < -0.39 is 10.8 Å². The summed E-state index contributed by atoms with van der Waals surface area (Å²) in [6, 6.07) is 0. The van der Waals surface area contributed by atoms with Gasteiger partial charge in [0.25, 0.3) is 0 Å². The van der Waals surface area contributed by atoms with Gasteiger partial charge >= 0.3 is 6.21 Å². The standard InChI is InChI=1S/C11H14N2O2/c1-10(2)7-3-4-11(5-7,9(10)15)8(14)6-13-12/h6-7H,3-5H2,1-2H3. The number of hydrogen-bond donors (Lipinski definition) is 0. The lowest BCUT2D eigenvalue weighted by Crippen LogP contribution is -2.42. The second kappa shape index (κ2) is 2.86. The van der Waals surface area contributed by atoms with Crippen molar-refractivity contribution in [3.63, 3.8) is 0 Å². The van der Waals surface area contributed by atoms with E-state index in [1.54, 1.807) is 0 Å². The molecular weight excluding hydrogens is 192 g/mol. The zero-order valence-corrected chi connectivity index (χ0v) is 8.99. The number of nitrogens with zero attached hydrogens (tertiary/aromatic N) is 2. The van der Waals surface area contributed by atoms with Crippen molar-refractivity contribution in [2.24, 2.45) is 16.7 Å². The van der Waals surface area contributed by atoms with Crippen LogP contribution in [-0.4, -0.2) is 22.6 Å². The van der Waals surface area contributed by atoms with Gasteiger partial charge in [-0.25, -0.2) is 0 Å². The van der Waals surface area contributed by atoms with Crippen LogP contribution >= 0.6 is 0 Å². The van der Waals surface area contributed by atoms with Gasteiger partial charge in [-0.05, 0) is 25.2 Å². The van der Waals surface area contributed by atoms with Gasteiger partial charge in [-0.2, -0.15) is 4.79 Å². The Bertz CT molecular complexity index is 393. The molecule has 0 aromatic rings. The van der Waals surface area contributed by atoms with Crippen molar-refractivity contribution in [3.05, 3.63) is 5.53 Å². The molecule has 2 atom stereocenters. The maximum Gasteiger partial charge on any atom is 0.324 e. The Labute approximate surface area is 88.3 Å². The Hall–Kier alpha value is -1.28. The topological polar surface area (TPSA) is 70.5 Å². The van der Waals surface area contributed by atoms with Crippen LogP contribution in [-0.2, 0) is 9.59 Å². The molecule has 0 radical (unpaired) electrons. The zero-order chi connectivity index (χ0) is 11.3. The van der Waals surface area contributed by atoms with Gasteiger partial charge in [0.1, 0.15) is 0 Å². The summed E-state index contributed by atoms with van der Waals surface area (Å²) in [7, 11) is 0. The van der Waals surface area contributed by atoms with Gasteiger partial charge in [0, 0.05) is 5.41 Å². The van der Waals surface area contributed by atoms with Crippen LogP contribution in [0.4, 0.5) is 0 Å². The van der Waals surface area contributed by atoms with Gasteiger partial charge < -0.3 is 5.53 Å². The van der Waals surface area contributed by atoms with Crippen molar-refractivity contribution in [3.8, 4) is 0 Å². The highest BCUT2D eigenvalue weighted by Gasteiger charge is 2.65. The molecule has 0 N–H and O–H groups in total. The minimum Gasteiger partial charge on any atom is -0.361 e. The van der Waals surface area contributed by atoms with Gasteiger partial charge in [-0.3, -0.25) is 9.59 Å². The van der Waals surface area contributed by atoms with Crippen LogP contribution in [0, 0.1) is 16.7 Å². The monoisotopic (exact) mass is 206 g/mol. The average Bonchev–Trinajstić information content (AvgIpc) is 2.68. The Morgan fingerprint density at radius 1 is 1.60 bits per heavy atom. The number of fused-ring (bicyclic) bond motifs is 2. The Morgan fingerprint density at radius 2 is 2.27 bits per heavy atom. The predicted molar refractivity (Wildman–Crippen MR) is 53.3 cm³/mol. The van der Waals surface area contributed by atoms with Crippen LogP contribution in [0.25, 0.3) is 5.53 Å². The highest BCUT2D eigenvalue weighted by molar-refractivity contribution is 6.35. The zero-order valence-electron chi connectivity index (χ0n) is 8.99. The van der Waals surface area contributed by atoms with E-state index in [-0.39, 0.29) is 11.6 Å². The minimum absolute atomic E-state index is 0.0242. The first-order chi connectivity index (χ1) is 6.95. The molecule has 0 aromatic heterocycles. The number of hydrogen-bond acceptors (Lipinski definition) is 2. The minimum atomic E-state index is -0.875. The molecule has 4 heteroatoms. The SMILES string of the molecule is CC1(C)C(=O)C2(C(=O)C=[N+]=[N-])CCC1C2. The molecule has 2 fully saturated rings. The third-order valence-electron chi connectivity index (χ3n) is 4.20. The van der Waals surface area contributed by atoms with Gasteiger partial charge in [0.15, 0.2) is 5.78 Å². The van der Waals surface area contributed by atoms with Crippen LogP contribution in [0.15, 0.2) is 0 Å². The van der Waals surface area contributed by atoms with Crippen molar-refractivity contribution in [1.82, 2.24) is 0 Å². The fourth-order valence-electron chi connectivity index (χ4n) is 3.18. The molecule has 0 aromatic carbocycles. The summed E-state index contributed by atoms with van der Waals surface area (Å²) in [6.45, 7) is 3.81. The van der Waals surface area contributed by atoms with Crippen molar-refractivity contribution < 1.29 is 14.4 Å². The van der Waals surface area contributed by atoms with Crippen molar-refractivity contribution in [1.29, 1.82) is 0 Å². The Morgan fingerprint density at radius 3 is 2.73 bits per heavy atom. The van der Waals surface area contributed by atoms with E-state index in [0.717, 1.165) is 12.6 Å². The van der Waals surface area contributed by atoms with Crippen LogP contribution in [0.3, 0.4) is 0 Å². The molecule has 0 amide bonds. The third kappa shape index (κ3) is 1.08. The molecule has 2 aliphatic carbocycles. The quantitative estimate of drug-likeness (QED) is 0.295. The van der Waals surface area contributed by atoms with E-state index in [1.165, 1.54) is 0 Å². The van der Waals surface area contributed by atoms with Crippen LogP contribution in [0.2, 0.25) is 0 Å². The molecule has 80 valence electrons. The first kappa shape index (κ1) is 10.2. The highest BCUT2D eigenvalue weighted by atomic mass is 16.2. The van der Waals surface area contributed by atoms with Crippen LogP contribution in [0.5, 0.6) is 0 Å². The van der Waals surface area contributed by atoms with E-state index in [4.69, 9.17) is 5.53 Å². The van der Waals surface area contributed by atoms with Crippen molar-refractivity contribution >= 4 is 17.8 Å². The summed E-state index contributed by atoms with van der Waals surface area (Å²) in [6.07, 6.45) is 3.04. The van der Waals surface area contributed by atoms with E-state index in [0.29, 0.717) is 18.8 Å². The maximum atomic E-state index is 12.2. The largest absolute Gasteiger partial charge is 0.361 e. The summed E-state index contributed by atoms with van der Waals surface area (Å²) in [4.78, 5) is 26.7. The fraction of sp³-hybridized carbons (Fsp3) is 0.727. The molecular formula is C11H14N2O2. The lowest BCUT2D eigenvalue weighted by atomic mass is 9.69. The molecule has 15 heavy (non-hydrogen) atoms. The second-order valence-electron chi connectivity index (χ2n) is 5.18. The van der Waals surface area contributed by atoms with Gasteiger partial charge in [-0.1, -0.05) is 13.8 Å². The summed E-state index contributed by atoms with van der Waals surface area (Å²) in [5.41, 5.74) is 7.11. The molecule has 0 saturated heterocycles. The number of rotatable bonds is 2. The maximum absolute atomic E-state index is 12.2. The molecule has 2 saturated carbocycles. The second-order valence-corrected chi connectivity index (χ2v) is 5.18. The van der Waals surface area contributed by atoms with Crippen molar-refractivity contribution in [2.45, 2.75) is 33.1 Å². The smallest absolute Gasteiger partial charge is 0.324 e. The molecule has 0 spiro atoms. The summed E-state index contributed by atoms with van der Waals surface area (Å²) in [5, 5.41) is 0. The predicted octanol–water partition coefficient (Wildman–Crippen LogP) is 1.25. The molecule has 2 rings (SSSR count). The summed E-state index contributed by atoms with van der Waals surface area (Å²) >= 11 is 0. The van der Waals surface area contributed by atoms with Crippen LogP contribution in [0.1, 0.15) is 33.1 Å². The summed E-state index contributed by atoms with van der Waals surface area (Å²) in [5.74, 6) is 0.000248. The first-order valence-electron chi connectivity index (χ1n) is 5.22. The normalized spacial score (nSPS) is 36.4. The fourth-order valence-corrected chi connectivity index (χ4v) is 3.18. The third-order valence-corrected chi connectivity index (χ3v) is 4.20. The molecule has 2 aliphatic rings. The lowest BCUT2D eigenvalue weighted by Gasteiger charge is -2.31. The number of carbonyl (C=O) groups is 2. The first-order valence-corrected chi connectivity index (χ1v) is 5.22. The lowest BCUT2D eigenvalue weighted by molar-refractivity contribution is -0.142. The highest BCUT2D eigenvalue weighted by Crippen LogP contribution is 2.60. The van der Waals surface area contributed by atoms with Crippen LogP contribution < -0.4 is 0 Å². The van der Waals surface area contributed by atoms with Crippen molar-refractivity contribution in [2.75, 3.05) is 0 Å². The molecule has 0 heterocycles. The molecule has 4 nitrogen and oxygen atoms in total. The van der Waals surface area contributed by atoms with E-state index >= 15 is 0 Å². The molecule has 0 aliphatic heterocycles. The van der Waals surface area contributed by atoms with E-state index in [1.807, 2.05) is 13.8 Å². The number of ketones is 2. The molecule has 2 unspecified atom stereocenters.